The van der Waals surface area contributed by atoms with Gasteiger partial charge in [-0.1, -0.05) is 20.8 Å². The van der Waals surface area contributed by atoms with Crippen LogP contribution in [-0.4, -0.2) is 41.1 Å². The predicted octanol–water partition coefficient (Wildman–Crippen LogP) is 1.27. The summed E-state index contributed by atoms with van der Waals surface area (Å²) in [5.74, 6) is 0. The second-order valence-electron chi connectivity index (χ2n) is 5.85. The summed E-state index contributed by atoms with van der Waals surface area (Å²) in [6.07, 6.45) is 0. The number of aromatic amines is 1. The van der Waals surface area contributed by atoms with Crippen LogP contribution < -0.4 is 0 Å². The third-order valence-corrected chi connectivity index (χ3v) is 5.52. The first-order valence-corrected chi connectivity index (χ1v) is 7.60. The average Bonchev–Trinajstić information content (AvgIpc) is 2.67. The first-order chi connectivity index (χ1) is 8.53. The smallest absolute Gasteiger partial charge is 0.262 e. The van der Waals surface area contributed by atoms with E-state index in [1.54, 1.807) is 6.92 Å². The number of aliphatic hydroxyl groups excluding tert-OH is 1. The Hall–Kier alpha value is -0.920. The Bertz CT molecular complexity index is 543. The fraction of sp³-hybridized carbons (Fsp3) is 0.750. The molecule has 1 rings (SSSR count). The van der Waals surface area contributed by atoms with E-state index in [1.165, 1.54) is 11.4 Å². The van der Waals surface area contributed by atoms with Crippen LogP contribution in [0.25, 0.3) is 0 Å². The highest BCUT2D eigenvalue weighted by Gasteiger charge is 2.35. The summed E-state index contributed by atoms with van der Waals surface area (Å²) < 4.78 is 26.4. The van der Waals surface area contributed by atoms with Gasteiger partial charge >= 0.3 is 0 Å². The number of hydrogen-bond donors (Lipinski definition) is 2. The van der Waals surface area contributed by atoms with E-state index in [1.807, 2.05) is 27.7 Å². The fourth-order valence-corrected chi connectivity index (χ4v) is 3.41. The quantitative estimate of drug-likeness (QED) is 0.874. The number of aryl methyl sites for hydroxylation is 1. The topological polar surface area (TPSA) is 86.3 Å². The third kappa shape index (κ3) is 2.98. The molecule has 0 aliphatic rings. The van der Waals surface area contributed by atoms with Gasteiger partial charge in [0.05, 0.1) is 6.61 Å². The molecule has 0 amide bonds. The van der Waals surface area contributed by atoms with E-state index in [9.17, 15) is 13.5 Å². The molecule has 1 aromatic heterocycles. The predicted molar refractivity (Wildman–Crippen MR) is 73.1 cm³/mol. The van der Waals surface area contributed by atoms with Crippen molar-refractivity contribution in [3.05, 3.63) is 11.3 Å². The Kier molecular flexibility index (Phi) is 4.44. The molecule has 0 aliphatic carbocycles. The minimum atomic E-state index is -3.71. The molecule has 0 aromatic carbocycles. The van der Waals surface area contributed by atoms with Gasteiger partial charge in [-0.2, -0.15) is 9.40 Å². The lowest BCUT2D eigenvalue weighted by Crippen LogP contribution is -2.43. The van der Waals surface area contributed by atoms with Gasteiger partial charge in [0.1, 0.15) is 0 Å². The number of nitrogens with one attached hydrogen (secondary N) is 1. The second kappa shape index (κ2) is 5.22. The van der Waals surface area contributed by atoms with Crippen molar-refractivity contribution >= 4 is 10.0 Å². The number of sulfonamides is 1. The number of nitrogens with zero attached hydrogens (tertiary/aromatic N) is 2. The highest BCUT2D eigenvalue weighted by molar-refractivity contribution is 7.89. The standard InChI is InChI=1S/C12H23N3O3S/c1-8-10(7-16)11(14-13-8)19(17,18)15(6)9(2)12(3,4)5/h9,16H,7H2,1-6H3,(H,13,14). The minimum Gasteiger partial charge on any atom is -0.392 e. The van der Waals surface area contributed by atoms with Crippen molar-refractivity contribution in [2.24, 2.45) is 5.41 Å². The van der Waals surface area contributed by atoms with Crippen LogP contribution in [0.2, 0.25) is 0 Å². The van der Waals surface area contributed by atoms with Gasteiger partial charge in [0.2, 0.25) is 0 Å². The van der Waals surface area contributed by atoms with Crippen LogP contribution >= 0.6 is 0 Å². The van der Waals surface area contributed by atoms with Crippen molar-refractivity contribution in [2.45, 2.75) is 52.3 Å². The number of aliphatic hydroxyl groups is 1. The number of rotatable bonds is 4. The van der Waals surface area contributed by atoms with Crippen LogP contribution in [0, 0.1) is 12.3 Å². The molecular formula is C12H23N3O3S. The van der Waals surface area contributed by atoms with E-state index < -0.39 is 10.0 Å². The van der Waals surface area contributed by atoms with Gasteiger partial charge in [0.15, 0.2) is 5.03 Å². The molecule has 7 heteroatoms. The molecule has 2 N–H and O–H groups in total. The maximum absolute atomic E-state index is 12.5. The molecule has 19 heavy (non-hydrogen) atoms. The van der Waals surface area contributed by atoms with Gasteiger partial charge in [-0.05, 0) is 19.3 Å². The van der Waals surface area contributed by atoms with Crippen molar-refractivity contribution in [3.63, 3.8) is 0 Å². The van der Waals surface area contributed by atoms with E-state index in [0.29, 0.717) is 11.3 Å². The molecule has 1 heterocycles. The van der Waals surface area contributed by atoms with Crippen LogP contribution in [0.4, 0.5) is 0 Å². The van der Waals surface area contributed by atoms with Crippen LogP contribution in [0.3, 0.4) is 0 Å². The SMILES string of the molecule is Cc1[nH]nc(S(=O)(=O)N(C)C(C)C(C)(C)C)c1CO. The van der Waals surface area contributed by atoms with Crippen molar-refractivity contribution in [2.75, 3.05) is 7.05 Å². The zero-order chi connectivity index (χ0) is 15.0. The van der Waals surface area contributed by atoms with Crippen molar-refractivity contribution in [3.8, 4) is 0 Å². The minimum absolute atomic E-state index is 0.0916. The monoisotopic (exact) mass is 289 g/mol. The van der Waals surface area contributed by atoms with Crippen molar-refractivity contribution in [1.82, 2.24) is 14.5 Å². The second-order valence-corrected chi connectivity index (χ2v) is 7.77. The maximum atomic E-state index is 12.5. The zero-order valence-corrected chi connectivity index (χ0v) is 13.2. The number of aromatic nitrogens is 2. The molecule has 0 spiro atoms. The van der Waals surface area contributed by atoms with Crippen LogP contribution in [-0.2, 0) is 16.6 Å². The number of H-pyrrole nitrogens is 1. The molecular weight excluding hydrogens is 266 g/mol. The fourth-order valence-electron chi connectivity index (χ4n) is 1.72. The summed E-state index contributed by atoms with van der Waals surface area (Å²) in [6.45, 7) is 9.13. The first kappa shape index (κ1) is 16.1. The van der Waals surface area contributed by atoms with Gasteiger partial charge in [-0.3, -0.25) is 5.10 Å². The normalized spacial score (nSPS) is 14.9. The molecule has 0 aliphatic heterocycles. The summed E-state index contributed by atoms with van der Waals surface area (Å²) in [6, 6.07) is -0.193. The zero-order valence-electron chi connectivity index (χ0n) is 12.4. The largest absolute Gasteiger partial charge is 0.392 e. The Morgan fingerprint density at radius 3 is 2.37 bits per heavy atom. The lowest BCUT2D eigenvalue weighted by molar-refractivity contribution is 0.215. The van der Waals surface area contributed by atoms with Crippen LogP contribution in [0.15, 0.2) is 5.03 Å². The van der Waals surface area contributed by atoms with Crippen molar-refractivity contribution < 1.29 is 13.5 Å². The molecule has 0 saturated carbocycles. The highest BCUT2D eigenvalue weighted by Crippen LogP contribution is 2.28. The summed E-state index contributed by atoms with van der Waals surface area (Å²) in [7, 11) is -2.17. The van der Waals surface area contributed by atoms with Crippen LogP contribution in [0.5, 0.6) is 0 Å². The Labute approximate surface area is 114 Å². The van der Waals surface area contributed by atoms with Gasteiger partial charge in [0, 0.05) is 24.3 Å². The Balaban J connectivity index is 3.25. The first-order valence-electron chi connectivity index (χ1n) is 6.16. The molecule has 1 aromatic rings. The maximum Gasteiger partial charge on any atom is 0.262 e. The number of hydrogen-bond acceptors (Lipinski definition) is 4. The molecule has 0 saturated heterocycles. The van der Waals surface area contributed by atoms with Crippen molar-refractivity contribution in [1.29, 1.82) is 0 Å². The molecule has 1 atom stereocenters. The van der Waals surface area contributed by atoms with E-state index in [4.69, 9.17) is 0 Å². The molecule has 0 bridgehead atoms. The summed E-state index contributed by atoms with van der Waals surface area (Å²) in [5.41, 5.74) is 0.706. The lowest BCUT2D eigenvalue weighted by atomic mass is 9.88. The third-order valence-electron chi connectivity index (χ3n) is 3.62. The van der Waals surface area contributed by atoms with E-state index in [2.05, 4.69) is 10.2 Å². The lowest BCUT2D eigenvalue weighted by Gasteiger charge is -2.34. The van der Waals surface area contributed by atoms with E-state index in [-0.39, 0.29) is 23.1 Å². The van der Waals surface area contributed by atoms with Gasteiger partial charge < -0.3 is 5.11 Å². The van der Waals surface area contributed by atoms with Gasteiger partial charge in [-0.15, -0.1) is 0 Å². The summed E-state index contributed by atoms with van der Waals surface area (Å²) in [4.78, 5) is 0. The van der Waals surface area contributed by atoms with Crippen LogP contribution in [0.1, 0.15) is 39.0 Å². The Morgan fingerprint density at radius 1 is 1.42 bits per heavy atom. The Morgan fingerprint density at radius 2 is 1.95 bits per heavy atom. The molecule has 0 radical (unpaired) electrons. The van der Waals surface area contributed by atoms with E-state index in [0.717, 1.165) is 0 Å². The highest BCUT2D eigenvalue weighted by atomic mass is 32.2. The van der Waals surface area contributed by atoms with E-state index >= 15 is 0 Å². The summed E-state index contributed by atoms with van der Waals surface area (Å²) >= 11 is 0. The van der Waals surface area contributed by atoms with Gasteiger partial charge in [-0.25, -0.2) is 8.42 Å². The molecule has 6 nitrogen and oxygen atoms in total. The molecule has 1 unspecified atom stereocenters. The average molecular weight is 289 g/mol. The van der Waals surface area contributed by atoms with Gasteiger partial charge in [0.25, 0.3) is 10.0 Å². The molecule has 0 fully saturated rings. The summed E-state index contributed by atoms with van der Waals surface area (Å²) in [5, 5.41) is 15.6. The molecule has 110 valence electrons.